The topological polar surface area (TPSA) is 30.5 Å². The zero-order chi connectivity index (χ0) is 12.4. The van der Waals surface area contributed by atoms with Gasteiger partial charge in [-0.1, -0.05) is 13.3 Å². The molecule has 2 aliphatic heterocycles. The summed E-state index contributed by atoms with van der Waals surface area (Å²) in [6.45, 7) is 5.99. The summed E-state index contributed by atoms with van der Waals surface area (Å²) in [6.07, 6.45) is 7.84. The maximum absolute atomic E-state index is 6.06. The maximum atomic E-state index is 6.06. The van der Waals surface area contributed by atoms with Crippen LogP contribution < -0.4 is 5.32 Å². The van der Waals surface area contributed by atoms with E-state index in [1.54, 1.807) is 0 Å². The van der Waals surface area contributed by atoms with Gasteiger partial charge in [-0.15, -0.1) is 0 Å². The molecule has 0 aromatic rings. The standard InChI is InChI=1S/C15H27NO2/c1-2-16-14(12-4-3-5-12)13-6-8-18-15(10-13)7-9-17-11-15/h12-14,16H,2-11H2,1H3. The molecule has 104 valence electrons. The third kappa shape index (κ3) is 2.45. The van der Waals surface area contributed by atoms with Crippen LogP contribution in [0.15, 0.2) is 0 Å². The SMILES string of the molecule is CCNC(C1CCC1)C1CCOC2(CCOC2)C1. The van der Waals surface area contributed by atoms with Crippen LogP contribution in [0.5, 0.6) is 0 Å². The molecule has 0 aromatic heterocycles. The number of ether oxygens (including phenoxy) is 2. The van der Waals surface area contributed by atoms with Gasteiger partial charge < -0.3 is 14.8 Å². The van der Waals surface area contributed by atoms with Crippen molar-refractivity contribution >= 4 is 0 Å². The van der Waals surface area contributed by atoms with Crippen LogP contribution in [0.3, 0.4) is 0 Å². The average Bonchev–Trinajstić information content (AvgIpc) is 2.74. The molecule has 1 spiro atoms. The van der Waals surface area contributed by atoms with Gasteiger partial charge in [-0.05, 0) is 44.1 Å². The Labute approximate surface area is 111 Å². The van der Waals surface area contributed by atoms with Crippen molar-refractivity contribution in [2.24, 2.45) is 11.8 Å². The first-order valence-corrected chi connectivity index (χ1v) is 7.78. The summed E-state index contributed by atoms with van der Waals surface area (Å²) in [5.41, 5.74) is 0.0698. The van der Waals surface area contributed by atoms with Crippen molar-refractivity contribution in [1.82, 2.24) is 5.32 Å². The van der Waals surface area contributed by atoms with Crippen LogP contribution in [-0.2, 0) is 9.47 Å². The van der Waals surface area contributed by atoms with Gasteiger partial charge >= 0.3 is 0 Å². The Kier molecular flexibility index (Phi) is 3.92. The zero-order valence-corrected chi connectivity index (χ0v) is 11.6. The molecule has 1 saturated carbocycles. The molecule has 0 amide bonds. The van der Waals surface area contributed by atoms with Gasteiger partial charge in [0, 0.05) is 25.7 Å². The first-order valence-electron chi connectivity index (χ1n) is 7.78. The van der Waals surface area contributed by atoms with E-state index < -0.39 is 0 Å². The van der Waals surface area contributed by atoms with Crippen LogP contribution in [0, 0.1) is 11.8 Å². The molecule has 0 aromatic carbocycles. The molecule has 3 unspecified atom stereocenters. The Morgan fingerprint density at radius 1 is 1.22 bits per heavy atom. The van der Waals surface area contributed by atoms with E-state index >= 15 is 0 Å². The lowest BCUT2D eigenvalue weighted by molar-refractivity contribution is -0.107. The summed E-state index contributed by atoms with van der Waals surface area (Å²) in [6, 6.07) is 0.727. The summed E-state index contributed by atoms with van der Waals surface area (Å²) in [4.78, 5) is 0. The molecule has 0 radical (unpaired) electrons. The summed E-state index contributed by atoms with van der Waals surface area (Å²) >= 11 is 0. The number of hydrogen-bond donors (Lipinski definition) is 1. The van der Waals surface area contributed by atoms with Crippen LogP contribution >= 0.6 is 0 Å². The van der Waals surface area contributed by atoms with Gasteiger partial charge in [0.25, 0.3) is 0 Å². The third-order valence-electron chi connectivity index (χ3n) is 5.20. The first kappa shape index (κ1) is 12.9. The van der Waals surface area contributed by atoms with Gasteiger partial charge in [0.2, 0.25) is 0 Å². The highest BCUT2D eigenvalue weighted by Gasteiger charge is 2.44. The fourth-order valence-electron chi connectivity index (χ4n) is 3.99. The number of hydrogen-bond acceptors (Lipinski definition) is 3. The van der Waals surface area contributed by atoms with Crippen molar-refractivity contribution in [3.8, 4) is 0 Å². The molecule has 18 heavy (non-hydrogen) atoms. The predicted octanol–water partition coefficient (Wildman–Crippen LogP) is 2.35. The number of rotatable bonds is 4. The Morgan fingerprint density at radius 3 is 2.72 bits per heavy atom. The van der Waals surface area contributed by atoms with Crippen molar-refractivity contribution in [3.63, 3.8) is 0 Å². The van der Waals surface area contributed by atoms with E-state index in [-0.39, 0.29) is 5.60 Å². The van der Waals surface area contributed by atoms with E-state index in [0.29, 0.717) is 0 Å². The van der Waals surface area contributed by atoms with Crippen LogP contribution in [0.1, 0.15) is 45.4 Å². The highest BCUT2D eigenvalue weighted by atomic mass is 16.6. The van der Waals surface area contributed by atoms with Crippen LogP contribution in [-0.4, -0.2) is 38.0 Å². The summed E-state index contributed by atoms with van der Waals surface area (Å²) in [5.74, 6) is 1.72. The van der Waals surface area contributed by atoms with E-state index in [1.165, 1.54) is 32.1 Å². The minimum absolute atomic E-state index is 0.0698. The normalized spacial score (nSPS) is 38.8. The van der Waals surface area contributed by atoms with Gasteiger partial charge in [0.1, 0.15) is 0 Å². The second-order valence-corrected chi connectivity index (χ2v) is 6.36. The minimum Gasteiger partial charge on any atom is -0.378 e. The van der Waals surface area contributed by atoms with E-state index in [2.05, 4.69) is 12.2 Å². The zero-order valence-electron chi connectivity index (χ0n) is 11.6. The quantitative estimate of drug-likeness (QED) is 0.834. The molecule has 0 bridgehead atoms. The van der Waals surface area contributed by atoms with Crippen molar-refractivity contribution in [2.45, 2.75) is 57.1 Å². The van der Waals surface area contributed by atoms with E-state index in [9.17, 15) is 0 Å². The van der Waals surface area contributed by atoms with Crippen molar-refractivity contribution < 1.29 is 9.47 Å². The molecule has 2 heterocycles. The van der Waals surface area contributed by atoms with Crippen molar-refractivity contribution in [1.29, 1.82) is 0 Å². The minimum atomic E-state index is 0.0698. The molecule has 1 aliphatic carbocycles. The highest BCUT2D eigenvalue weighted by Crippen LogP contribution is 2.41. The van der Waals surface area contributed by atoms with E-state index in [4.69, 9.17) is 9.47 Å². The molecular weight excluding hydrogens is 226 g/mol. The van der Waals surface area contributed by atoms with Crippen LogP contribution in [0.25, 0.3) is 0 Å². The van der Waals surface area contributed by atoms with Crippen molar-refractivity contribution in [2.75, 3.05) is 26.4 Å². The number of nitrogens with one attached hydrogen (secondary N) is 1. The van der Waals surface area contributed by atoms with Gasteiger partial charge in [0.05, 0.1) is 12.2 Å². The Morgan fingerprint density at radius 2 is 2.11 bits per heavy atom. The second-order valence-electron chi connectivity index (χ2n) is 6.36. The first-order chi connectivity index (χ1) is 8.83. The molecule has 2 saturated heterocycles. The highest BCUT2D eigenvalue weighted by molar-refractivity contribution is 4.96. The lowest BCUT2D eigenvalue weighted by atomic mass is 9.70. The fraction of sp³-hybridized carbons (Fsp3) is 1.00. The molecular formula is C15H27NO2. The molecule has 3 atom stereocenters. The molecule has 3 rings (SSSR count). The van der Waals surface area contributed by atoms with Gasteiger partial charge in [-0.25, -0.2) is 0 Å². The van der Waals surface area contributed by atoms with E-state index in [1.807, 2.05) is 0 Å². The van der Waals surface area contributed by atoms with Crippen LogP contribution in [0.4, 0.5) is 0 Å². The Hall–Kier alpha value is -0.120. The second kappa shape index (κ2) is 5.48. The third-order valence-corrected chi connectivity index (χ3v) is 5.20. The fourth-order valence-corrected chi connectivity index (χ4v) is 3.99. The average molecular weight is 253 g/mol. The lowest BCUT2D eigenvalue weighted by Crippen LogP contribution is -2.51. The van der Waals surface area contributed by atoms with Crippen LogP contribution in [0.2, 0.25) is 0 Å². The van der Waals surface area contributed by atoms with E-state index in [0.717, 1.165) is 50.7 Å². The predicted molar refractivity (Wildman–Crippen MR) is 71.6 cm³/mol. The van der Waals surface area contributed by atoms with Gasteiger partial charge in [-0.3, -0.25) is 0 Å². The lowest BCUT2D eigenvalue weighted by Gasteiger charge is -2.45. The smallest absolute Gasteiger partial charge is 0.0939 e. The summed E-state index contributed by atoms with van der Waals surface area (Å²) in [7, 11) is 0. The summed E-state index contributed by atoms with van der Waals surface area (Å²) < 4.78 is 11.6. The molecule has 3 aliphatic rings. The van der Waals surface area contributed by atoms with Crippen molar-refractivity contribution in [3.05, 3.63) is 0 Å². The van der Waals surface area contributed by atoms with Gasteiger partial charge in [0.15, 0.2) is 0 Å². The maximum Gasteiger partial charge on any atom is 0.0939 e. The Bertz CT molecular complexity index is 272. The Balaban J connectivity index is 1.65. The molecule has 3 heteroatoms. The van der Waals surface area contributed by atoms with Gasteiger partial charge in [-0.2, -0.15) is 0 Å². The largest absolute Gasteiger partial charge is 0.378 e. The molecule has 1 N–H and O–H groups in total. The molecule has 3 fully saturated rings. The monoisotopic (exact) mass is 253 g/mol. The molecule has 3 nitrogen and oxygen atoms in total. The summed E-state index contributed by atoms with van der Waals surface area (Å²) in [5, 5.41) is 3.76.